The molecule has 0 spiro atoms. The predicted octanol–water partition coefficient (Wildman–Crippen LogP) is 0.859. The number of nitrogens with zero attached hydrogens (tertiary/aromatic N) is 4. The van der Waals surface area contributed by atoms with Crippen molar-refractivity contribution in [3.05, 3.63) is 18.0 Å². The molecule has 1 aromatic rings. The number of carbonyl (C=O) groups is 3. The number of hydrogen-bond acceptors (Lipinski definition) is 4. The third-order valence-electron chi connectivity index (χ3n) is 4.20. The van der Waals surface area contributed by atoms with Gasteiger partial charge in [0.2, 0.25) is 5.91 Å². The Balaban J connectivity index is 1.95. The maximum Gasteiger partial charge on any atom is 0.308 e. The highest BCUT2D eigenvalue weighted by atomic mass is 16.4. The molecule has 2 rings (SSSR count). The normalized spacial score (nSPS) is 17.8. The first-order valence-electron chi connectivity index (χ1n) is 8.10. The van der Waals surface area contributed by atoms with Gasteiger partial charge in [-0.3, -0.25) is 19.1 Å². The van der Waals surface area contributed by atoms with E-state index in [4.69, 9.17) is 5.11 Å². The molecule has 0 radical (unpaired) electrons. The third-order valence-corrected chi connectivity index (χ3v) is 4.20. The van der Waals surface area contributed by atoms with Gasteiger partial charge in [-0.15, -0.1) is 0 Å². The molecule has 8 heteroatoms. The molecule has 2 amide bonds. The van der Waals surface area contributed by atoms with Gasteiger partial charge in [-0.25, -0.2) is 0 Å². The van der Waals surface area contributed by atoms with Gasteiger partial charge in [-0.2, -0.15) is 5.10 Å². The largest absolute Gasteiger partial charge is 0.481 e. The standard InChI is InChI=1S/C16H24N4O4/c1-11(2)20-8-6-13(17-20)15(22)18(3)10-14(21)19-7-4-5-12(9-19)16(23)24/h6,8,11-12H,4-5,7,9-10H2,1-3H3,(H,23,24)/t12-/m0/s1. The number of likely N-dealkylation sites (tertiary alicyclic amines) is 1. The Hall–Kier alpha value is -2.38. The molecule has 8 nitrogen and oxygen atoms in total. The first-order chi connectivity index (χ1) is 11.3. The molecule has 132 valence electrons. The summed E-state index contributed by atoms with van der Waals surface area (Å²) < 4.78 is 1.69. The molecule has 0 unspecified atom stereocenters. The van der Waals surface area contributed by atoms with E-state index in [1.165, 1.54) is 9.80 Å². The van der Waals surface area contributed by atoms with Crippen LogP contribution in [-0.4, -0.2) is 69.2 Å². The summed E-state index contributed by atoms with van der Waals surface area (Å²) in [5.74, 6) is -1.96. The van der Waals surface area contributed by atoms with Gasteiger partial charge in [0.25, 0.3) is 5.91 Å². The highest BCUT2D eigenvalue weighted by molar-refractivity contribution is 5.94. The van der Waals surface area contributed by atoms with Crippen molar-refractivity contribution in [1.82, 2.24) is 19.6 Å². The summed E-state index contributed by atoms with van der Waals surface area (Å²) in [6.45, 7) is 4.58. The van der Waals surface area contributed by atoms with Crippen LogP contribution in [0.4, 0.5) is 0 Å². The number of hydrogen-bond donors (Lipinski definition) is 1. The molecule has 1 atom stereocenters. The summed E-state index contributed by atoms with van der Waals surface area (Å²) in [5.41, 5.74) is 0.293. The number of carboxylic acid groups (broad SMARTS) is 1. The van der Waals surface area contributed by atoms with E-state index in [9.17, 15) is 14.4 Å². The van der Waals surface area contributed by atoms with E-state index in [1.807, 2.05) is 13.8 Å². The van der Waals surface area contributed by atoms with E-state index in [0.717, 1.165) is 0 Å². The molecule has 0 aliphatic carbocycles. The van der Waals surface area contributed by atoms with Gasteiger partial charge in [-0.1, -0.05) is 0 Å². The van der Waals surface area contributed by atoms with Crippen LogP contribution >= 0.6 is 0 Å². The van der Waals surface area contributed by atoms with Crippen molar-refractivity contribution >= 4 is 17.8 Å². The molecule has 1 fully saturated rings. The first-order valence-corrected chi connectivity index (χ1v) is 8.10. The zero-order valence-corrected chi connectivity index (χ0v) is 14.3. The minimum absolute atomic E-state index is 0.0836. The van der Waals surface area contributed by atoms with Gasteiger partial charge in [0.05, 0.1) is 12.5 Å². The Morgan fingerprint density at radius 1 is 1.42 bits per heavy atom. The van der Waals surface area contributed by atoms with Gasteiger partial charge >= 0.3 is 5.97 Å². The first kappa shape index (κ1) is 18.0. The SMILES string of the molecule is CC(C)n1ccc(C(=O)N(C)CC(=O)N2CCC[C@H](C(=O)O)C2)n1. The smallest absolute Gasteiger partial charge is 0.308 e. The van der Waals surface area contributed by atoms with Gasteiger partial charge in [0.15, 0.2) is 0 Å². The number of amides is 2. The van der Waals surface area contributed by atoms with Crippen molar-refractivity contribution in [2.24, 2.45) is 5.92 Å². The number of aromatic nitrogens is 2. The van der Waals surface area contributed by atoms with Crippen LogP contribution in [0, 0.1) is 5.92 Å². The molecular weight excluding hydrogens is 312 g/mol. The molecule has 1 saturated heterocycles. The summed E-state index contributed by atoms with van der Waals surface area (Å²) in [6.07, 6.45) is 2.98. The van der Waals surface area contributed by atoms with Gasteiger partial charge < -0.3 is 14.9 Å². The Morgan fingerprint density at radius 3 is 2.71 bits per heavy atom. The van der Waals surface area contributed by atoms with Crippen LogP contribution in [0.2, 0.25) is 0 Å². The van der Waals surface area contributed by atoms with Gasteiger partial charge in [-0.05, 0) is 32.8 Å². The fraction of sp³-hybridized carbons (Fsp3) is 0.625. The van der Waals surface area contributed by atoms with E-state index in [0.29, 0.717) is 25.1 Å². The van der Waals surface area contributed by atoms with Crippen molar-refractivity contribution in [3.63, 3.8) is 0 Å². The minimum Gasteiger partial charge on any atom is -0.481 e. The molecule has 0 bridgehead atoms. The van der Waals surface area contributed by atoms with Gasteiger partial charge in [0.1, 0.15) is 5.69 Å². The second-order valence-corrected chi connectivity index (χ2v) is 6.45. The molecule has 24 heavy (non-hydrogen) atoms. The fourth-order valence-corrected chi connectivity index (χ4v) is 2.72. The van der Waals surface area contributed by atoms with Crippen LogP contribution in [-0.2, 0) is 9.59 Å². The lowest BCUT2D eigenvalue weighted by Gasteiger charge is -2.31. The number of aliphatic carboxylic acids is 1. The summed E-state index contributed by atoms with van der Waals surface area (Å²) in [4.78, 5) is 38.6. The molecule has 1 aliphatic heterocycles. The fourth-order valence-electron chi connectivity index (χ4n) is 2.72. The Morgan fingerprint density at radius 2 is 2.12 bits per heavy atom. The molecule has 0 aromatic carbocycles. The monoisotopic (exact) mass is 336 g/mol. The zero-order chi connectivity index (χ0) is 17.9. The maximum atomic E-state index is 12.4. The highest BCUT2D eigenvalue weighted by Gasteiger charge is 2.29. The van der Waals surface area contributed by atoms with Crippen LogP contribution in [0.3, 0.4) is 0 Å². The quantitative estimate of drug-likeness (QED) is 0.860. The van der Waals surface area contributed by atoms with Crippen LogP contribution in [0.1, 0.15) is 43.2 Å². The summed E-state index contributed by atoms with van der Waals surface area (Å²) in [7, 11) is 1.55. The Labute approximate surface area is 141 Å². The molecular formula is C16H24N4O4. The number of likely N-dealkylation sites (N-methyl/N-ethyl adjacent to an activating group) is 1. The summed E-state index contributed by atoms with van der Waals surface area (Å²) >= 11 is 0. The van der Waals surface area contributed by atoms with Crippen molar-refractivity contribution < 1.29 is 19.5 Å². The molecule has 2 heterocycles. The van der Waals surface area contributed by atoms with E-state index in [-0.39, 0.29) is 30.9 Å². The van der Waals surface area contributed by atoms with Crippen molar-refractivity contribution in [2.45, 2.75) is 32.7 Å². The molecule has 1 N–H and O–H groups in total. The van der Waals surface area contributed by atoms with E-state index in [2.05, 4.69) is 5.10 Å². The maximum absolute atomic E-state index is 12.4. The second-order valence-electron chi connectivity index (χ2n) is 6.45. The van der Waals surface area contributed by atoms with Crippen LogP contribution < -0.4 is 0 Å². The van der Waals surface area contributed by atoms with Crippen molar-refractivity contribution in [2.75, 3.05) is 26.7 Å². The van der Waals surface area contributed by atoms with E-state index < -0.39 is 11.9 Å². The summed E-state index contributed by atoms with van der Waals surface area (Å²) in [6, 6.07) is 1.78. The Kier molecular flexibility index (Phi) is 5.58. The summed E-state index contributed by atoms with van der Waals surface area (Å²) in [5, 5.41) is 13.3. The van der Waals surface area contributed by atoms with Crippen LogP contribution in [0.25, 0.3) is 0 Å². The molecule has 0 saturated carbocycles. The number of carboxylic acids is 1. The lowest BCUT2D eigenvalue weighted by Crippen LogP contribution is -2.47. The zero-order valence-electron chi connectivity index (χ0n) is 14.3. The lowest BCUT2D eigenvalue weighted by atomic mass is 9.98. The topological polar surface area (TPSA) is 95.7 Å². The third kappa shape index (κ3) is 4.12. The highest BCUT2D eigenvalue weighted by Crippen LogP contribution is 2.17. The van der Waals surface area contributed by atoms with Gasteiger partial charge in [0, 0.05) is 32.4 Å². The van der Waals surface area contributed by atoms with Crippen molar-refractivity contribution in [1.29, 1.82) is 0 Å². The minimum atomic E-state index is -0.879. The number of rotatable bonds is 5. The molecule has 1 aliphatic rings. The second kappa shape index (κ2) is 7.46. The van der Waals surface area contributed by atoms with E-state index in [1.54, 1.807) is 24.0 Å². The molecule has 1 aromatic heterocycles. The number of carbonyl (C=O) groups excluding carboxylic acids is 2. The van der Waals surface area contributed by atoms with Crippen LogP contribution in [0.5, 0.6) is 0 Å². The lowest BCUT2D eigenvalue weighted by molar-refractivity contribution is -0.145. The average molecular weight is 336 g/mol. The predicted molar refractivity (Wildman–Crippen MR) is 86.5 cm³/mol. The average Bonchev–Trinajstić information content (AvgIpc) is 3.04. The van der Waals surface area contributed by atoms with Crippen molar-refractivity contribution in [3.8, 4) is 0 Å². The van der Waals surface area contributed by atoms with E-state index >= 15 is 0 Å². The van der Waals surface area contributed by atoms with Crippen LogP contribution in [0.15, 0.2) is 12.3 Å². The number of piperidine rings is 1. The Bertz CT molecular complexity index is 625.